The van der Waals surface area contributed by atoms with E-state index in [1.54, 1.807) is 32.9 Å². The number of hydrogen-bond acceptors (Lipinski definition) is 8. The van der Waals surface area contributed by atoms with Crippen molar-refractivity contribution >= 4 is 36.5 Å². The molecule has 0 saturated heterocycles. The molecule has 2 atom stereocenters. The van der Waals surface area contributed by atoms with Gasteiger partial charge in [-0.25, -0.2) is 4.79 Å². The molecule has 3 amide bonds. The Labute approximate surface area is 205 Å². The Balaban J connectivity index is 3.36. The minimum atomic E-state index is -1.27. The van der Waals surface area contributed by atoms with E-state index in [0.29, 0.717) is 12.8 Å². The number of hydrogen-bond donors (Lipinski definition) is 4. The zero-order chi connectivity index (χ0) is 25.9. The number of esters is 1. The standard InChI is InChI=1S/C23H35N3O7S/c1-6-7-12-26(21(30)16(14-34)25-22(31)33-23(2,3)4)19(15-10-8-9-11-17(15)27)20(29)24-13-18(28)32-5/h8-11,16,19,27,34H,6-7,12-14H2,1-5H3,(H,24,29)(H,25,31). The molecule has 10 nitrogen and oxygen atoms in total. The van der Waals surface area contributed by atoms with Gasteiger partial charge in [0.15, 0.2) is 0 Å². The molecule has 0 aromatic heterocycles. The number of methoxy groups -OCH3 is 1. The molecule has 190 valence electrons. The van der Waals surface area contributed by atoms with Crippen LogP contribution in [-0.4, -0.2) is 71.5 Å². The van der Waals surface area contributed by atoms with Crippen molar-refractivity contribution in [1.82, 2.24) is 15.5 Å². The summed E-state index contributed by atoms with van der Waals surface area (Å²) in [6.45, 7) is 6.73. The number of amides is 3. The van der Waals surface area contributed by atoms with E-state index < -0.39 is 48.1 Å². The second kappa shape index (κ2) is 13.7. The predicted molar refractivity (Wildman–Crippen MR) is 130 cm³/mol. The van der Waals surface area contributed by atoms with E-state index in [2.05, 4.69) is 28.0 Å². The molecule has 0 heterocycles. The first-order valence-corrected chi connectivity index (χ1v) is 11.6. The summed E-state index contributed by atoms with van der Waals surface area (Å²) in [4.78, 5) is 51.9. The summed E-state index contributed by atoms with van der Waals surface area (Å²) < 4.78 is 9.81. The van der Waals surface area contributed by atoms with Crippen molar-refractivity contribution in [2.75, 3.05) is 26.0 Å². The number of unbranched alkanes of at least 4 members (excludes halogenated alkanes) is 1. The second-order valence-corrected chi connectivity index (χ2v) is 8.89. The number of phenolic OH excluding ortho intramolecular Hbond substituents is 1. The molecule has 3 N–H and O–H groups in total. The molecular formula is C23H35N3O7S. The van der Waals surface area contributed by atoms with Gasteiger partial charge in [-0.2, -0.15) is 12.6 Å². The van der Waals surface area contributed by atoms with E-state index in [0.717, 1.165) is 0 Å². The number of alkyl carbamates (subject to hydrolysis) is 1. The number of aromatic hydroxyl groups is 1. The quantitative estimate of drug-likeness (QED) is 0.272. The van der Waals surface area contributed by atoms with Crippen LogP contribution in [0.2, 0.25) is 0 Å². The van der Waals surface area contributed by atoms with Gasteiger partial charge >= 0.3 is 12.1 Å². The molecule has 0 aliphatic heterocycles. The molecule has 34 heavy (non-hydrogen) atoms. The number of nitrogens with one attached hydrogen (secondary N) is 2. The highest BCUT2D eigenvalue weighted by atomic mass is 32.1. The number of carbonyl (C=O) groups excluding carboxylic acids is 4. The first-order valence-electron chi connectivity index (χ1n) is 11.0. The van der Waals surface area contributed by atoms with Crippen molar-refractivity contribution in [2.45, 2.75) is 58.2 Å². The van der Waals surface area contributed by atoms with Gasteiger partial charge in [0.25, 0.3) is 0 Å². The van der Waals surface area contributed by atoms with Gasteiger partial charge in [-0.3, -0.25) is 14.4 Å². The van der Waals surface area contributed by atoms with Crippen molar-refractivity contribution in [3.63, 3.8) is 0 Å². The number of ether oxygens (including phenoxy) is 2. The third-order valence-electron chi connectivity index (χ3n) is 4.63. The second-order valence-electron chi connectivity index (χ2n) is 8.52. The van der Waals surface area contributed by atoms with Crippen LogP contribution in [0.3, 0.4) is 0 Å². The molecule has 0 aliphatic carbocycles. The first-order chi connectivity index (χ1) is 15.9. The van der Waals surface area contributed by atoms with Crippen LogP contribution >= 0.6 is 12.6 Å². The zero-order valence-electron chi connectivity index (χ0n) is 20.3. The summed E-state index contributed by atoms with van der Waals surface area (Å²) in [6, 6.07) is 3.74. The third kappa shape index (κ3) is 9.12. The van der Waals surface area contributed by atoms with Crippen molar-refractivity contribution in [3.8, 4) is 5.75 Å². The Kier molecular flexibility index (Phi) is 11.7. The van der Waals surface area contributed by atoms with Crippen molar-refractivity contribution in [2.24, 2.45) is 0 Å². The normalized spacial score (nSPS) is 12.8. The highest BCUT2D eigenvalue weighted by molar-refractivity contribution is 7.80. The maximum atomic E-state index is 13.6. The average Bonchev–Trinajstić information content (AvgIpc) is 2.77. The van der Waals surface area contributed by atoms with Gasteiger partial charge in [0, 0.05) is 17.9 Å². The van der Waals surface area contributed by atoms with Crippen molar-refractivity contribution in [3.05, 3.63) is 29.8 Å². The van der Waals surface area contributed by atoms with Gasteiger partial charge in [0.05, 0.1) is 7.11 Å². The maximum Gasteiger partial charge on any atom is 0.408 e. The number of rotatable bonds is 11. The van der Waals surface area contributed by atoms with E-state index in [4.69, 9.17) is 4.74 Å². The number of carbonyl (C=O) groups is 4. The van der Waals surface area contributed by atoms with Crippen LogP contribution in [0.1, 0.15) is 52.1 Å². The number of nitrogens with zero attached hydrogens (tertiary/aromatic N) is 1. The van der Waals surface area contributed by atoms with E-state index in [9.17, 15) is 24.3 Å². The fourth-order valence-electron chi connectivity index (χ4n) is 3.03. The minimum absolute atomic E-state index is 0.0576. The molecule has 0 radical (unpaired) electrons. The van der Waals surface area contributed by atoms with Gasteiger partial charge in [-0.05, 0) is 33.3 Å². The van der Waals surface area contributed by atoms with Gasteiger partial charge in [-0.15, -0.1) is 0 Å². The van der Waals surface area contributed by atoms with Crippen LogP contribution in [0.4, 0.5) is 4.79 Å². The van der Waals surface area contributed by atoms with E-state index in [-0.39, 0.29) is 23.6 Å². The van der Waals surface area contributed by atoms with Gasteiger partial charge < -0.3 is 30.1 Å². The summed E-state index contributed by atoms with van der Waals surface area (Å²) >= 11 is 4.21. The molecule has 1 aromatic rings. The van der Waals surface area contributed by atoms with E-state index in [1.807, 2.05) is 6.92 Å². The highest BCUT2D eigenvalue weighted by Gasteiger charge is 2.36. The maximum absolute atomic E-state index is 13.6. The number of benzene rings is 1. The van der Waals surface area contributed by atoms with Gasteiger partial charge in [-0.1, -0.05) is 31.5 Å². The van der Waals surface area contributed by atoms with Crippen LogP contribution in [0.15, 0.2) is 24.3 Å². The van der Waals surface area contributed by atoms with Crippen LogP contribution < -0.4 is 10.6 Å². The Hall–Kier alpha value is -2.95. The van der Waals surface area contributed by atoms with Gasteiger partial charge in [0.2, 0.25) is 11.8 Å². The summed E-state index contributed by atoms with van der Waals surface area (Å²) in [6.07, 6.45) is 0.461. The Bertz CT molecular complexity index is 857. The lowest BCUT2D eigenvalue weighted by Gasteiger charge is -2.34. The lowest BCUT2D eigenvalue weighted by Crippen LogP contribution is -2.54. The van der Waals surface area contributed by atoms with Crippen molar-refractivity contribution in [1.29, 1.82) is 0 Å². The van der Waals surface area contributed by atoms with Crippen LogP contribution in [0, 0.1) is 0 Å². The van der Waals surface area contributed by atoms with Crippen LogP contribution in [-0.2, 0) is 23.9 Å². The average molecular weight is 498 g/mol. The largest absolute Gasteiger partial charge is 0.508 e. The van der Waals surface area contributed by atoms with Crippen LogP contribution in [0.25, 0.3) is 0 Å². The lowest BCUT2D eigenvalue weighted by molar-refractivity contribution is -0.144. The summed E-state index contributed by atoms with van der Waals surface area (Å²) in [5, 5.41) is 15.4. The molecular weight excluding hydrogens is 462 g/mol. The fourth-order valence-corrected chi connectivity index (χ4v) is 3.28. The Morgan fingerprint density at radius 3 is 2.35 bits per heavy atom. The van der Waals surface area contributed by atoms with E-state index in [1.165, 1.54) is 24.1 Å². The number of thiol groups is 1. The van der Waals surface area contributed by atoms with E-state index >= 15 is 0 Å². The smallest absolute Gasteiger partial charge is 0.408 e. The fraction of sp³-hybridized carbons (Fsp3) is 0.565. The Morgan fingerprint density at radius 1 is 1.18 bits per heavy atom. The highest BCUT2D eigenvalue weighted by Crippen LogP contribution is 2.30. The number of phenols is 1. The first kappa shape index (κ1) is 29.1. The summed E-state index contributed by atoms with van der Waals surface area (Å²) in [5.41, 5.74) is -0.605. The molecule has 0 bridgehead atoms. The molecule has 1 rings (SSSR count). The monoisotopic (exact) mass is 497 g/mol. The molecule has 11 heteroatoms. The topological polar surface area (TPSA) is 134 Å². The number of para-hydroxylation sites is 1. The third-order valence-corrected chi connectivity index (χ3v) is 5.00. The molecule has 0 aliphatic rings. The molecule has 1 aromatic carbocycles. The van der Waals surface area contributed by atoms with Crippen molar-refractivity contribution < 1.29 is 33.8 Å². The summed E-state index contributed by atoms with van der Waals surface area (Å²) in [5.74, 6) is -2.20. The van der Waals surface area contributed by atoms with Crippen LogP contribution in [0.5, 0.6) is 5.75 Å². The minimum Gasteiger partial charge on any atom is -0.508 e. The lowest BCUT2D eigenvalue weighted by atomic mass is 10.0. The molecule has 0 spiro atoms. The molecule has 0 saturated carbocycles. The zero-order valence-corrected chi connectivity index (χ0v) is 21.2. The molecule has 0 fully saturated rings. The summed E-state index contributed by atoms with van der Waals surface area (Å²) in [7, 11) is 1.19. The Morgan fingerprint density at radius 2 is 1.82 bits per heavy atom. The van der Waals surface area contributed by atoms with Gasteiger partial charge in [0.1, 0.15) is 30.0 Å². The molecule has 2 unspecified atom stereocenters. The predicted octanol–water partition coefficient (Wildman–Crippen LogP) is 2.17. The SMILES string of the molecule is CCCCN(C(=O)C(CS)NC(=O)OC(C)(C)C)C(C(=O)NCC(=O)OC)c1ccccc1O.